The van der Waals surface area contributed by atoms with Crippen LogP contribution < -0.4 is 9.46 Å². The minimum absolute atomic E-state index is 0.0325. The zero-order chi connectivity index (χ0) is 23.0. The van der Waals surface area contributed by atoms with Gasteiger partial charge in [-0.05, 0) is 61.6 Å². The molecule has 2 atom stereocenters. The van der Waals surface area contributed by atoms with Gasteiger partial charge in [-0.25, -0.2) is 8.42 Å². The first-order chi connectivity index (χ1) is 15.2. The first-order valence-electron chi connectivity index (χ1n) is 10.8. The summed E-state index contributed by atoms with van der Waals surface area (Å²) >= 11 is 0. The van der Waals surface area contributed by atoms with Gasteiger partial charge in [0.15, 0.2) is 0 Å². The monoisotopic (exact) mass is 456 g/mol. The molecule has 0 bridgehead atoms. The second kappa shape index (κ2) is 8.58. The van der Waals surface area contributed by atoms with E-state index in [1.807, 2.05) is 19.9 Å². The molecule has 2 aromatic rings. The van der Waals surface area contributed by atoms with E-state index in [4.69, 9.17) is 4.74 Å². The molecule has 8 heteroatoms. The van der Waals surface area contributed by atoms with E-state index in [0.29, 0.717) is 11.3 Å². The fourth-order valence-corrected chi connectivity index (χ4v) is 6.00. The molecule has 4 rings (SSSR count). The van der Waals surface area contributed by atoms with Gasteiger partial charge in [0, 0.05) is 0 Å². The number of amides is 2. The number of methoxy groups -OCH3 is 1. The van der Waals surface area contributed by atoms with E-state index in [0.717, 1.165) is 36.8 Å². The van der Waals surface area contributed by atoms with Crippen molar-refractivity contribution in [2.45, 2.75) is 51.0 Å². The number of benzene rings is 2. The van der Waals surface area contributed by atoms with E-state index >= 15 is 0 Å². The number of nitrogens with zero attached hydrogens (tertiary/aromatic N) is 1. The predicted molar refractivity (Wildman–Crippen MR) is 121 cm³/mol. The molecule has 1 saturated heterocycles. The van der Waals surface area contributed by atoms with Crippen LogP contribution in [0.1, 0.15) is 42.4 Å². The van der Waals surface area contributed by atoms with Gasteiger partial charge in [0.05, 0.1) is 31.2 Å². The number of nitrogens with one attached hydrogen (secondary N) is 1. The van der Waals surface area contributed by atoms with Crippen LogP contribution in [0.5, 0.6) is 5.75 Å². The number of sulfonamides is 1. The van der Waals surface area contributed by atoms with E-state index in [2.05, 4.69) is 4.72 Å². The number of anilines is 1. The quantitative estimate of drug-likeness (QED) is 0.668. The maximum atomic E-state index is 13.2. The molecule has 1 heterocycles. The normalized spacial score (nSPS) is 20.9. The molecule has 1 aliphatic heterocycles. The smallest absolute Gasteiger partial charge is 0.265 e. The van der Waals surface area contributed by atoms with Crippen molar-refractivity contribution >= 4 is 27.5 Å². The zero-order valence-corrected chi connectivity index (χ0v) is 19.4. The third kappa shape index (κ3) is 3.99. The van der Waals surface area contributed by atoms with Crippen LogP contribution in [-0.4, -0.2) is 32.2 Å². The summed E-state index contributed by atoms with van der Waals surface area (Å²) in [4.78, 5) is 26.9. The molecule has 2 amide bonds. The number of imide groups is 1. The van der Waals surface area contributed by atoms with Crippen LogP contribution in [-0.2, 0) is 26.2 Å². The number of fused-ring (bicyclic) bond motifs is 1. The van der Waals surface area contributed by atoms with Gasteiger partial charge >= 0.3 is 0 Å². The average Bonchev–Trinajstić information content (AvgIpc) is 3.02. The third-order valence-electron chi connectivity index (χ3n) is 6.64. The van der Waals surface area contributed by atoms with Crippen LogP contribution in [0.3, 0.4) is 0 Å². The van der Waals surface area contributed by atoms with Crippen LogP contribution in [0, 0.1) is 25.7 Å². The fraction of sp³-hybridized carbons (Fsp3) is 0.417. The molecular formula is C24H28N2O5S. The summed E-state index contributed by atoms with van der Waals surface area (Å²) in [6.45, 7) is 3.82. The number of aryl methyl sites for hydroxylation is 1. The van der Waals surface area contributed by atoms with Crippen molar-refractivity contribution in [1.82, 2.24) is 4.90 Å². The molecule has 1 N–H and O–H groups in total. The molecule has 170 valence electrons. The molecule has 1 aliphatic carbocycles. The minimum Gasteiger partial charge on any atom is -0.495 e. The Morgan fingerprint density at radius 1 is 1.03 bits per heavy atom. The second-order valence-corrected chi connectivity index (χ2v) is 10.2. The van der Waals surface area contributed by atoms with Gasteiger partial charge in [-0.1, -0.05) is 31.0 Å². The number of likely N-dealkylation sites (tertiary alicyclic amines) is 1. The Kier molecular flexibility index (Phi) is 5.99. The topological polar surface area (TPSA) is 92.8 Å². The molecule has 7 nitrogen and oxygen atoms in total. The van der Waals surface area contributed by atoms with Crippen LogP contribution >= 0.6 is 0 Å². The van der Waals surface area contributed by atoms with Gasteiger partial charge in [0.1, 0.15) is 10.6 Å². The second-order valence-electron chi connectivity index (χ2n) is 8.60. The number of hydrogen-bond donors (Lipinski definition) is 1. The van der Waals surface area contributed by atoms with Crippen LogP contribution in [0.2, 0.25) is 0 Å². The zero-order valence-electron chi connectivity index (χ0n) is 18.6. The van der Waals surface area contributed by atoms with Gasteiger partial charge in [-0.15, -0.1) is 0 Å². The Balaban J connectivity index is 1.63. The molecule has 2 fully saturated rings. The van der Waals surface area contributed by atoms with Gasteiger partial charge in [0.25, 0.3) is 10.0 Å². The summed E-state index contributed by atoms with van der Waals surface area (Å²) in [6, 6.07) is 10.1. The Hall–Kier alpha value is -2.87. The van der Waals surface area contributed by atoms with E-state index in [-0.39, 0.29) is 40.8 Å². The lowest BCUT2D eigenvalue weighted by Gasteiger charge is -2.19. The van der Waals surface area contributed by atoms with Gasteiger partial charge in [-0.2, -0.15) is 0 Å². The van der Waals surface area contributed by atoms with Crippen molar-refractivity contribution in [2.24, 2.45) is 11.8 Å². The summed E-state index contributed by atoms with van der Waals surface area (Å²) in [6.07, 6.45) is 3.41. The minimum atomic E-state index is -3.96. The molecule has 0 radical (unpaired) electrons. The van der Waals surface area contributed by atoms with Crippen molar-refractivity contribution in [3.8, 4) is 5.75 Å². The molecule has 2 aliphatic rings. The maximum absolute atomic E-state index is 13.2. The van der Waals surface area contributed by atoms with E-state index in [1.165, 1.54) is 18.1 Å². The lowest BCUT2D eigenvalue weighted by atomic mass is 9.81. The number of carbonyl (C=O) groups excluding carboxylic acids is 2. The molecule has 2 aromatic carbocycles. The van der Waals surface area contributed by atoms with E-state index in [9.17, 15) is 18.0 Å². The first-order valence-corrected chi connectivity index (χ1v) is 12.3. The molecule has 32 heavy (non-hydrogen) atoms. The Morgan fingerprint density at radius 3 is 2.31 bits per heavy atom. The molecule has 0 unspecified atom stereocenters. The van der Waals surface area contributed by atoms with Gasteiger partial charge < -0.3 is 4.74 Å². The largest absolute Gasteiger partial charge is 0.495 e. The highest BCUT2D eigenvalue weighted by molar-refractivity contribution is 7.92. The Labute approximate surface area is 188 Å². The Bertz CT molecular complexity index is 1150. The van der Waals surface area contributed by atoms with Crippen LogP contribution in [0.25, 0.3) is 0 Å². The third-order valence-corrected chi connectivity index (χ3v) is 8.03. The van der Waals surface area contributed by atoms with Crippen molar-refractivity contribution in [1.29, 1.82) is 0 Å². The van der Waals surface area contributed by atoms with Crippen molar-refractivity contribution < 1.29 is 22.7 Å². The number of rotatable bonds is 6. The number of carbonyl (C=O) groups is 2. The molecular weight excluding hydrogens is 428 g/mol. The highest BCUT2D eigenvalue weighted by atomic mass is 32.2. The summed E-state index contributed by atoms with van der Waals surface area (Å²) in [5.74, 6) is -0.562. The standard InChI is InChI=1S/C24H28N2O5S/c1-15-7-6-10-20(16(15)2)25-32(29,30)22-13-17(11-12-21(22)31-3)14-26-23(27)18-8-4-5-9-19(18)24(26)28/h6-7,10-13,18-19,25H,4-5,8-9,14H2,1-3H3/t18-,19-/m0/s1. The highest BCUT2D eigenvalue weighted by Crippen LogP contribution is 2.39. The highest BCUT2D eigenvalue weighted by Gasteiger charge is 2.47. The van der Waals surface area contributed by atoms with Crippen LogP contribution in [0.4, 0.5) is 5.69 Å². The van der Waals surface area contributed by atoms with Crippen molar-refractivity contribution in [3.63, 3.8) is 0 Å². The SMILES string of the molecule is COc1ccc(CN2C(=O)[C@H]3CCCC[C@@H]3C2=O)cc1S(=O)(=O)Nc1cccc(C)c1C. The van der Waals surface area contributed by atoms with Crippen molar-refractivity contribution in [3.05, 3.63) is 53.1 Å². The van der Waals surface area contributed by atoms with Gasteiger partial charge in [0.2, 0.25) is 11.8 Å². The lowest BCUT2D eigenvalue weighted by molar-refractivity contribution is -0.140. The van der Waals surface area contributed by atoms with Crippen LogP contribution in [0.15, 0.2) is 41.3 Å². The Morgan fingerprint density at radius 2 is 1.69 bits per heavy atom. The summed E-state index contributed by atoms with van der Waals surface area (Å²) in [5, 5.41) is 0. The first kappa shape index (κ1) is 22.3. The predicted octanol–water partition coefficient (Wildman–Crippen LogP) is 3.79. The molecule has 1 saturated carbocycles. The summed E-state index contributed by atoms with van der Waals surface area (Å²) < 4.78 is 34.4. The van der Waals surface area contributed by atoms with Crippen molar-refractivity contribution in [2.75, 3.05) is 11.8 Å². The summed E-state index contributed by atoms with van der Waals surface area (Å²) in [5.41, 5.74) is 2.86. The molecule has 0 aromatic heterocycles. The van der Waals surface area contributed by atoms with E-state index in [1.54, 1.807) is 24.3 Å². The van der Waals surface area contributed by atoms with E-state index < -0.39 is 10.0 Å². The average molecular weight is 457 g/mol. The van der Waals surface area contributed by atoms with Gasteiger partial charge in [-0.3, -0.25) is 19.2 Å². The summed E-state index contributed by atoms with van der Waals surface area (Å²) in [7, 11) is -2.56. The lowest BCUT2D eigenvalue weighted by Crippen LogP contribution is -2.30. The fourth-order valence-electron chi connectivity index (χ4n) is 4.66. The number of ether oxygens (including phenoxy) is 1. The number of hydrogen-bond acceptors (Lipinski definition) is 5. The maximum Gasteiger partial charge on any atom is 0.265 e. The molecule has 0 spiro atoms.